The topological polar surface area (TPSA) is 66.9 Å². The van der Waals surface area contributed by atoms with E-state index < -0.39 is 17.5 Å². The van der Waals surface area contributed by atoms with E-state index in [-0.39, 0.29) is 29.3 Å². The Morgan fingerprint density at radius 3 is 2.58 bits per heavy atom. The molecule has 8 heteroatoms. The van der Waals surface area contributed by atoms with Gasteiger partial charge in [0, 0.05) is 12.2 Å². The minimum atomic E-state index is -1.59. The lowest BCUT2D eigenvalue weighted by molar-refractivity contribution is 0.0933. The average molecular weight is 336 g/mol. The molecule has 5 nitrogen and oxygen atoms in total. The molecule has 1 aliphatic carbocycles. The predicted molar refractivity (Wildman–Crippen MR) is 81.4 cm³/mol. The van der Waals surface area contributed by atoms with Gasteiger partial charge in [-0.25, -0.2) is 23.1 Å². The molecule has 0 saturated heterocycles. The van der Waals surface area contributed by atoms with E-state index in [4.69, 9.17) is 0 Å². The van der Waals surface area contributed by atoms with Gasteiger partial charge in [0.15, 0.2) is 17.5 Å². The Morgan fingerprint density at radius 1 is 1.08 bits per heavy atom. The molecule has 1 aromatic heterocycles. The van der Waals surface area contributed by atoms with Crippen molar-refractivity contribution in [3.05, 3.63) is 47.5 Å². The van der Waals surface area contributed by atoms with Crippen LogP contribution in [0, 0.1) is 17.5 Å². The van der Waals surface area contributed by atoms with Crippen molar-refractivity contribution in [2.24, 2.45) is 0 Å². The zero-order valence-electron chi connectivity index (χ0n) is 12.7. The highest BCUT2D eigenvalue weighted by atomic mass is 19.2. The highest BCUT2D eigenvalue weighted by Gasteiger charge is 2.19. The minimum Gasteiger partial charge on any atom is -0.348 e. The first-order chi connectivity index (χ1) is 11.5. The summed E-state index contributed by atoms with van der Waals surface area (Å²) in [5, 5.41) is 5.32. The lowest BCUT2D eigenvalue weighted by atomic mass is 10.2. The average Bonchev–Trinajstić information content (AvgIpc) is 3.09. The van der Waals surface area contributed by atoms with E-state index in [0.29, 0.717) is 0 Å². The Morgan fingerprint density at radius 2 is 1.83 bits per heavy atom. The van der Waals surface area contributed by atoms with Crippen molar-refractivity contribution in [1.29, 1.82) is 0 Å². The summed E-state index contributed by atoms with van der Waals surface area (Å²) in [7, 11) is 0. The summed E-state index contributed by atoms with van der Waals surface area (Å²) in [5.41, 5.74) is -0.204. The van der Waals surface area contributed by atoms with Crippen LogP contribution in [-0.4, -0.2) is 21.9 Å². The normalized spacial score (nSPS) is 14.6. The van der Waals surface area contributed by atoms with Crippen molar-refractivity contribution in [3.63, 3.8) is 0 Å². The van der Waals surface area contributed by atoms with Crippen molar-refractivity contribution in [2.45, 2.75) is 31.7 Å². The van der Waals surface area contributed by atoms with Gasteiger partial charge in [-0.2, -0.15) is 0 Å². The summed E-state index contributed by atoms with van der Waals surface area (Å²) in [4.78, 5) is 20.0. The fourth-order valence-electron chi connectivity index (χ4n) is 2.62. The van der Waals surface area contributed by atoms with Crippen molar-refractivity contribution in [2.75, 3.05) is 5.32 Å². The summed E-state index contributed by atoms with van der Waals surface area (Å²) in [6.07, 6.45) is 5.36. The molecule has 0 atom stereocenters. The molecule has 3 rings (SSSR count). The molecule has 0 bridgehead atoms. The van der Waals surface area contributed by atoms with Gasteiger partial charge in [0.05, 0.1) is 5.69 Å². The first-order valence-electron chi connectivity index (χ1n) is 7.59. The standard InChI is InChI=1S/C16H15F3N4O/c17-10-5-6-11(14(19)13(10)18)22-16-20-8-7-12(23-16)15(24)21-9-3-1-2-4-9/h5-9H,1-4H2,(H,21,24)(H,20,22,23). The fraction of sp³-hybridized carbons (Fsp3) is 0.312. The van der Waals surface area contributed by atoms with Gasteiger partial charge in [-0.3, -0.25) is 4.79 Å². The Kier molecular flexibility index (Phi) is 4.64. The maximum Gasteiger partial charge on any atom is 0.270 e. The number of hydrogen-bond acceptors (Lipinski definition) is 4. The highest BCUT2D eigenvalue weighted by molar-refractivity contribution is 5.92. The minimum absolute atomic E-state index is 0.0843. The summed E-state index contributed by atoms with van der Waals surface area (Å²) in [6, 6.07) is 3.38. The van der Waals surface area contributed by atoms with Crippen molar-refractivity contribution >= 4 is 17.5 Å². The molecule has 1 heterocycles. The highest BCUT2D eigenvalue weighted by Crippen LogP contribution is 2.22. The van der Waals surface area contributed by atoms with Gasteiger partial charge >= 0.3 is 0 Å². The third-order valence-electron chi connectivity index (χ3n) is 3.86. The second kappa shape index (κ2) is 6.86. The van der Waals surface area contributed by atoms with Crippen molar-refractivity contribution < 1.29 is 18.0 Å². The molecule has 0 spiro atoms. The molecule has 2 aromatic rings. The quantitative estimate of drug-likeness (QED) is 0.841. The first kappa shape index (κ1) is 16.2. The molecule has 0 aliphatic heterocycles. The number of carbonyl (C=O) groups is 1. The van der Waals surface area contributed by atoms with Crippen LogP contribution >= 0.6 is 0 Å². The van der Waals surface area contributed by atoms with Crippen molar-refractivity contribution in [1.82, 2.24) is 15.3 Å². The van der Waals surface area contributed by atoms with Crippen LogP contribution in [0.15, 0.2) is 24.4 Å². The monoisotopic (exact) mass is 336 g/mol. The van der Waals surface area contributed by atoms with E-state index in [2.05, 4.69) is 20.6 Å². The SMILES string of the molecule is O=C(NC1CCCC1)c1ccnc(Nc2ccc(F)c(F)c2F)n1. The van der Waals surface area contributed by atoms with E-state index in [1.807, 2.05) is 0 Å². The number of nitrogens with zero attached hydrogens (tertiary/aromatic N) is 2. The lowest BCUT2D eigenvalue weighted by Gasteiger charge is -2.12. The van der Waals surface area contributed by atoms with Crippen LogP contribution in [-0.2, 0) is 0 Å². The van der Waals surface area contributed by atoms with Gasteiger partial charge in [0.2, 0.25) is 5.95 Å². The van der Waals surface area contributed by atoms with Crippen LogP contribution in [0.2, 0.25) is 0 Å². The van der Waals surface area contributed by atoms with Crippen LogP contribution in [0.4, 0.5) is 24.8 Å². The van der Waals surface area contributed by atoms with Gasteiger partial charge in [-0.05, 0) is 31.0 Å². The number of aromatic nitrogens is 2. The molecular formula is C16H15F3N4O. The summed E-state index contributed by atoms with van der Waals surface area (Å²) < 4.78 is 39.8. The molecule has 126 valence electrons. The van der Waals surface area contributed by atoms with Crippen LogP contribution in [0.3, 0.4) is 0 Å². The van der Waals surface area contributed by atoms with E-state index in [9.17, 15) is 18.0 Å². The maximum absolute atomic E-state index is 13.7. The first-order valence-corrected chi connectivity index (χ1v) is 7.59. The number of carbonyl (C=O) groups excluding carboxylic acids is 1. The van der Waals surface area contributed by atoms with Gasteiger partial charge in [0.1, 0.15) is 5.69 Å². The second-order valence-electron chi connectivity index (χ2n) is 5.57. The number of rotatable bonds is 4. The molecule has 1 aromatic carbocycles. The van der Waals surface area contributed by atoms with Crippen LogP contribution < -0.4 is 10.6 Å². The second-order valence-corrected chi connectivity index (χ2v) is 5.57. The molecule has 1 aliphatic rings. The smallest absolute Gasteiger partial charge is 0.270 e. The number of halogens is 3. The zero-order valence-corrected chi connectivity index (χ0v) is 12.7. The maximum atomic E-state index is 13.7. The van der Waals surface area contributed by atoms with E-state index in [1.54, 1.807) is 0 Å². The third kappa shape index (κ3) is 3.47. The molecular weight excluding hydrogens is 321 g/mol. The molecule has 1 saturated carbocycles. The summed E-state index contributed by atoms with van der Waals surface area (Å²) in [5.74, 6) is -4.68. The molecule has 1 amide bonds. The Labute approximate surface area is 136 Å². The Hall–Kier alpha value is -2.64. The van der Waals surface area contributed by atoms with E-state index in [1.165, 1.54) is 12.3 Å². The molecule has 0 unspecified atom stereocenters. The van der Waals surface area contributed by atoms with Crippen LogP contribution in [0.25, 0.3) is 0 Å². The van der Waals surface area contributed by atoms with Crippen LogP contribution in [0.1, 0.15) is 36.2 Å². The van der Waals surface area contributed by atoms with Gasteiger partial charge in [0.25, 0.3) is 5.91 Å². The van der Waals surface area contributed by atoms with E-state index >= 15 is 0 Å². The number of hydrogen-bond donors (Lipinski definition) is 2. The Balaban J connectivity index is 1.75. The molecule has 1 fully saturated rings. The van der Waals surface area contributed by atoms with Gasteiger partial charge in [-0.15, -0.1) is 0 Å². The van der Waals surface area contributed by atoms with E-state index in [0.717, 1.165) is 37.8 Å². The number of anilines is 2. The largest absolute Gasteiger partial charge is 0.348 e. The summed E-state index contributed by atoms with van der Waals surface area (Å²) in [6.45, 7) is 0. The molecule has 24 heavy (non-hydrogen) atoms. The number of nitrogens with one attached hydrogen (secondary N) is 2. The number of benzene rings is 1. The Bertz CT molecular complexity index is 763. The lowest BCUT2D eigenvalue weighted by Crippen LogP contribution is -2.33. The van der Waals surface area contributed by atoms with Gasteiger partial charge in [-0.1, -0.05) is 12.8 Å². The fourth-order valence-corrected chi connectivity index (χ4v) is 2.62. The predicted octanol–water partition coefficient (Wildman–Crippen LogP) is 3.31. The number of amides is 1. The summed E-state index contributed by atoms with van der Waals surface area (Å²) >= 11 is 0. The zero-order chi connectivity index (χ0) is 17.1. The van der Waals surface area contributed by atoms with Crippen molar-refractivity contribution in [3.8, 4) is 0 Å². The molecule has 2 N–H and O–H groups in total. The van der Waals surface area contributed by atoms with Crippen LogP contribution in [0.5, 0.6) is 0 Å². The third-order valence-corrected chi connectivity index (χ3v) is 3.86. The van der Waals surface area contributed by atoms with Gasteiger partial charge < -0.3 is 10.6 Å². The molecule has 0 radical (unpaired) electrons.